The number of esters is 1. The van der Waals surface area contributed by atoms with Crippen molar-refractivity contribution in [1.82, 2.24) is 10.2 Å². The Morgan fingerprint density at radius 2 is 1.97 bits per heavy atom. The van der Waals surface area contributed by atoms with Gasteiger partial charge in [-0.2, -0.15) is 0 Å². The predicted octanol–water partition coefficient (Wildman–Crippen LogP) is 2.36. The van der Waals surface area contributed by atoms with Crippen LogP contribution in [0.1, 0.15) is 30.1 Å². The van der Waals surface area contributed by atoms with Gasteiger partial charge in [0.05, 0.1) is 17.9 Å². The number of ether oxygens (including phenoxy) is 2. The maximum atomic E-state index is 13.1. The third kappa shape index (κ3) is 6.03. The van der Waals surface area contributed by atoms with Gasteiger partial charge >= 0.3 is 12.3 Å². The number of carbonyl (C=O) groups excluding carboxylic acids is 2. The van der Waals surface area contributed by atoms with Crippen LogP contribution < -0.4 is 25.9 Å². The number of hydrogen-bond acceptors (Lipinski definition) is 7. The van der Waals surface area contributed by atoms with E-state index in [1.807, 2.05) is 0 Å². The fourth-order valence-electron chi connectivity index (χ4n) is 4.10. The second kappa shape index (κ2) is 10.2. The van der Waals surface area contributed by atoms with E-state index in [1.54, 1.807) is 30.0 Å². The van der Waals surface area contributed by atoms with Gasteiger partial charge in [-0.15, -0.1) is 13.2 Å². The van der Waals surface area contributed by atoms with Crippen LogP contribution in [0.3, 0.4) is 0 Å². The van der Waals surface area contributed by atoms with Crippen LogP contribution in [0.5, 0.6) is 5.75 Å². The van der Waals surface area contributed by atoms with Crippen molar-refractivity contribution < 1.29 is 32.2 Å². The van der Waals surface area contributed by atoms with E-state index in [-0.39, 0.29) is 30.2 Å². The highest BCUT2D eigenvalue weighted by Gasteiger charge is 2.31. The first-order valence-corrected chi connectivity index (χ1v) is 11.2. The molecule has 1 amide bonds. The van der Waals surface area contributed by atoms with Crippen LogP contribution >= 0.6 is 0 Å². The summed E-state index contributed by atoms with van der Waals surface area (Å²) in [4.78, 5) is 31.3. The number of alkyl halides is 3. The molecule has 2 N–H and O–H groups in total. The van der Waals surface area contributed by atoms with Crippen molar-refractivity contribution in [3.8, 4) is 5.75 Å². The van der Waals surface area contributed by atoms with Crippen LogP contribution in [-0.2, 0) is 9.53 Å². The fraction of sp³-hybridized carbons (Fsp3) is 0.375. The van der Waals surface area contributed by atoms with Gasteiger partial charge in [-0.3, -0.25) is 14.6 Å². The number of halogens is 3. The molecule has 1 unspecified atom stereocenters. The molecule has 0 aromatic heterocycles. The number of anilines is 1. The summed E-state index contributed by atoms with van der Waals surface area (Å²) in [7, 11) is 0. The first kappa shape index (κ1) is 24.4. The molecule has 0 aliphatic carbocycles. The standard InChI is InChI=1S/C24H25F3N4O4/c1-2-34-23(33)16-4-3-11-31(13-16)22(32)15-5-10-19-20(12-15)28-14-29-21(19)30-17-6-8-18(9-7-17)35-24(25,26)27/h5-10,12,16,29-30H,2-4,11,13-14H2,1H3. The van der Waals surface area contributed by atoms with Crippen molar-refractivity contribution in [2.75, 3.05) is 31.7 Å². The Bertz CT molecular complexity index is 1210. The van der Waals surface area contributed by atoms with Gasteiger partial charge < -0.3 is 25.0 Å². The van der Waals surface area contributed by atoms with E-state index in [4.69, 9.17) is 4.74 Å². The summed E-state index contributed by atoms with van der Waals surface area (Å²) in [5, 5.41) is 7.55. The van der Waals surface area contributed by atoms with Crippen molar-refractivity contribution in [2.24, 2.45) is 10.9 Å². The third-order valence-corrected chi connectivity index (χ3v) is 5.71. The minimum absolute atomic E-state index is 0.176. The van der Waals surface area contributed by atoms with E-state index < -0.39 is 6.36 Å². The van der Waals surface area contributed by atoms with Crippen LogP contribution in [0.15, 0.2) is 47.5 Å². The number of nitrogens with zero attached hydrogens (tertiary/aromatic N) is 2. The molecule has 2 aromatic carbocycles. The molecule has 8 nitrogen and oxygen atoms in total. The summed E-state index contributed by atoms with van der Waals surface area (Å²) in [6.45, 7) is 3.21. The number of benzene rings is 2. The predicted molar refractivity (Wildman–Crippen MR) is 121 cm³/mol. The van der Waals surface area contributed by atoms with Gasteiger partial charge in [-0.25, -0.2) is 0 Å². The number of hydrogen-bond donors (Lipinski definition) is 2. The lowest BCUT2D eigenvalue weighted by molar-refractivity contribution is -0.274. The molecule has 35 heavy (non-hydrogen) atoms. The third-order valence-electron chi connectivity index (χ3n) is 5.71. The molecular formula is C24H25F3N4O4. The van der Waals surface area contributed by atoms with Gasteiger partial charge in [0, 0.05) is 29.6 Å². The van der Waals surface area contributed by atoms with E-state index in [9.17, 15) is 22.8 Å². The lowest BCUT2D eigenvalue weighted by Gasteiger charge is -2.31. The minimum atomic E-state index is -4.75. The van der Waals surface area contributed by atoms with Crippen molar-refractivity contribution >= 4 is 23.4 Å². The molecule has 1 saturated heterocycles. The Labute approximate surface area is 199 Å². The summed E-state index contributed by atoms with van der Waals surface area (Å²) < 4.78 is 46.1. The van der Waals surface area contributed by atoms with Crippen LogP contribution in [-0.4, -0.2) is 49.5 Å². The maximum Gasteiger partial charge on any atom is 0.573 e. The van der Waals surface area contributed by atoms with E-state index in [2.05, 4.69) is 20.4 Å². The summed E-state index contributed by atoms with van der Waals surface area (Å²) in [6.07, 6.45) is -3.33. The Hall–Kier alpha value is -3.76. The highest BCUT2D eigenvalue weighted by Crippen LogP contribution is 2.24. The highest BCUT2D eigenvalue weighted by molar-refractivity contribution is 5.94. The molecule has 0 radical (unpaired) electrons. The van der Waals surface area contributed by atoms with E-state index >= 15 is 0 Å². The number of piperidine rings is 1. The minimum Gasteiger partial charge on any atom is -0.466 e. The monoisotopic (exact) mass is 490 g/mol. The largest absolute Gasteiger partial charge is 0.573 e. The average Bonchev–Trinajstić information content (AvgIpc) is 2.84. The van der Waals surface area contributed by atoms with E-state index in [0.717, 1.165) is 6.42 Å². The smallest absolute Gasteiger partial charge is 0.466 e. The number of fused-ring (bicyclic) bond motifs is 1. The van der Waals surface area contributed by atoms with Crippen molar-refractivity contribution in [2.45, 2.75) is 26.1 Å². The molecule has 0 bridgehead atoms. The Kier molecular flexibility index (Phi) is 7.13. The number of amides is 1. The zero-order chi connectivity index (χ0) is 25.0. The molecule has 4 rings (SSSR count). The lowest BCUT2D eigenvalue weighted by atomic mass is 9.97. The molecule has 2 aliphatic heterocycles. The van der Waals surface area contributed by atoms with Crippen LogP contribution in [0, 0.1) is 5.92 Å². The SMILES string of the molecule is CCOC(=O)C1CCCN(C(=O)c2ccc3c(c2)=NCNC=3Nc2ccc(OC(F)(F)F)cc2)C1. The number of likely N-dealkylation sites (tertiary alicyclic amines) is 1. The van der Waals surface area contributed by atoms with Crippen molar-refractivity contribution in [3.63, 3.8) is 0 Å². The zero-order valence-electron chi connectivity index (χ0n) is 19.0. The Morgan fingerprint density at radius 1 is 1.20 bits per heavy atom. The molecule has 1 atom stereocenters. The summed E-state index contributed by atoms with van der Waals surface area (Å²) in [5.41, 5.74) is 1.01. The molecule has 1 fully saturated rings. The number of nitrogens with one attached hydrogen (secondary N) is 2. The lowest BCUT2D eigenvalue weighted by Crippen LogP contribution is -2.44. The van der Waals surface area contributed by atoms with Crippen LogP contribution in [0.2, 0.25) is 0 Å². The Morgan fingerprint density at radius 3 is 2.69 bits per heavy atom. The highest BCUT2D eigenvalue weighted by atomic mass is 19.4. The molecule has 2 aliphatic rings. The molecule has 186 valence electrons. The molecule has 0 saturated carbocycles. The molecule has 2 aromatic rings. The molecular weight excluding hydrogens is 465 g/mol. The normalized spacial score (nSPS) is 17.5. The van der Waals surface area contributed by atoms with Crippen LogP contribution in [0.25, 0.3) is 5.82 Å². The second-order valence-electron chi connectivity index (χ2n) is 8.14. The second-order valence-corrected chi connectivity index (χ2v) is 8.14. The Balaban J connectivity index is 1.51. The molecule has 11 heteroatoms. The van der Waals surface area contributed by atoms with Gasteiger partial charge in [0.2, 0.25) is 0 Å². The first-order chi connectivity index (χ1) is 16.7. The summed E-state index contributed by atoms with van der Waals surface area (Å²) in [5.74, 6) is -0.480. The van der Waals surface area contributed by atoms with Gasteiger partial charge in [-0.1, -0.05) is 0 Å². The van der Waals surface area contributed by atoms with Gasteiger partial charge in [0.25, 0.3) is 5.91 Å². The van der Waals surface area contributed by atoms with E-state index in [0.29, 0.717) is 53.8 Å². The van der Waals surface area contributed by atoms with Gasteiger partial charge in [0.15, 0.2) is 0 Å². The summed E-state index contributed by atoms with van der Waals surface area (Å²) in [6, 6.07) is 10.5. The average molecular weight is 490 g/mol. The summed E-state index contributed by atoms with van der Waals surface area (Å²) >= 11 is 0. The zero-order valence-corrected chi connectivity index (χ0v) is 19.0. The maximum absolute atomic E-state index is 13.1. The van der Waals surface area contributed by atoms with Crippen molar-refractivity contribution in [3.05, 3.63) is 58.6 Å². The van der Waals surface area contributed by atoms with Gasteiger partial charge in [-0.05, 0) is 62.2 Å². The first-order valence-electron chi connectivity index (χ1n) is 11.2. The van der Waals surface area contributed by atoms with E-state index in [1.165, 1.54) is 24.3 Å². The fourth-order valence-corrected chi connectivity index (χ4v) is 4.10. The molecule has 2 heterocycles. The quantitative estimate of drug-likeness (QED) is 0.605. The topological polar surface area (TPSA) is 92.3 Å². The molecule has 0 spiro atoms. The number of carbonyl (C=O) groups is 2. The van der Waals surface area contributed by atoms with Crippen LogP contribution in [0.4, 0.5) is 18.9 Å². The van der Waals surface area contributed by atoms with Crippen molar-refractivity contribution in [1.29, 1.82) is 0 Å². The number of rotatable bonds is 6. The van der Waals surface area contributed by atoms with Gasteiger partial charge in [0.1, 0.15) is 18.2 Å².